The number of rotatable bonds is 6. The maximum atomic E-state index is 12.1. The van der Waals surface area contributed by atoms with Crippen molar-refractivity contribution in [3.63, 3.8) is 0 Å². The van der Waals surface area contributed by atoms with Gasteiger partial charge in [-0.3, -0.25) is 4.79 Å². The summed E-state index contributed by atoms with van der Waals surface area (Å²) in [6.07, 6.45) is 0.790. The van der Waals surface area contributed by atoms with Crippen LogP contribution < -0.4 is 10.0 Å². The average molecular weight is 363 g/mol. The first-order valence-electron chi connectivity index (χ1n) is 6.34. The number of benzene rings is 1. The van der Waals surface area contributed by atoms with E-state index in [1.165, 1.54) is 19.1 Å². The van der Waals surface area contributed by atoms with Gasteiger partial charge in [0.05, 0.1) is 10.9 Å². The van der Waals surface area contributed by atoms with E-state index in [0.717, 1.165) is 10.9 Å². The molecule has 0 spiro atoms. The van der Waals surface area contributed by atoms with Crippen molar-refractivity contribution in [1.82, 2.24) is 10.0 Å². The Morgan fingerprint density at radius 3 is 2.30 bits per heavy atom. The van der Waals surface area contributed by atoms with E-state index in [2.05, 4.69) is 26.0 Å². The molecular formula is C13H19BrN2O3S. The molecule has 0 unspecified atom stereocenters. The predicted octanol–water partition coefficient (Wildman–Crippen LogP) is 2.03. The number of carbonyl (C=O) groups is 1. The molecule has 0 saturated carbocycles. The molecule has 7 heteroatoms. The summed E-state index contributed by atoms with van der Waals surface area (Å²) in [4.78, 5) is 12.0. The van der Waals surface area contributed by atoms with Gasteiger partial charge in [-0.05, 0) is 44.5 Å². The molecule has 20 heavy (non-hydrogen) atoms. The molecule has 0 fully saturated rings. The summed E-state index contributed by atoms with van der Waals surface area (Å²) in [6, 6.07) is 5.42. The monoisotopic (exact) mass is 362 g/mol. The fourth-order valence-electron chi connectivity index (χ4n) is 1.44. The second-order valence-corrected chi connectivity index (χ2v) is 7.24. The number of amides is 1. The van der Waals surface area contributed by atoms with Crippen LogP contribution >= 0.6 is 15.9 Å². The zero-order valence-electron chi connectivity index (χ0n) is 11.7. The largest absolute Gasteiger partial charge is 0.352 e. The number of sulfonamides is 1. The molecule has 1 aromatic rings. The van der Waals surface area contributed by atoms with Gasteiger partial charge in [0.25, 0.3) is 0 Å². The summed E-state index contributed by atoms with van der Waals surface area (Å²) >= 11 is 3.24. The Morgan fingerprint density at radius 1 is 1.25 bits per heavy atom. The smallest absolute Gasteiger partial charge is 0.241 e. The van der Waals surface area contributed by atoms with E-state index in [1.807, 2.05) is 13.8 Å². The third kappa shape index (κ3) is 4.88. The van der Waals surface area contributed by atoms with Crippen LogP contribution in [0.15, 0.2) is 33.6 Å². The molecular weight excluding hydrogens is 344 g/mol. The molecule has 5 nitrogen and oxygen atoms in total. The number of carbonyl (C=O) groups excluding carboxylic acids is 1. The van der Waals surface area contributed by atoms with Gasteiger partial charge in [-0.15, -0.1) is 0 Å². The van der Waals surface area contributed by atoms with E-state index >= 15 is 0 Å². The van der Waals surface area contributed by atoms with Crippen molar-refractivity contribution in [2.24, 2.45) is 0 Å². The Bertz CT molecular complexity index is 557. The molecule has 0 aliphatic carbocycles. The Kier molecular flexibility index (Phi) is 6.16. The van der Waals surface area contributed by atoms with E-state index in [9.17, 15) is 13.2 Å². The highest BCUT2D eigenvalue weighted by Gasteiger charge is 2.22. The summed E-state index contributed by atoms with van der Waals surface area (Å²) in [5.74, 6) is -0.333. The van der Waals surface area contributed by atoms with Gasteiger partial charge in [-0.25, -0.2) is 8.42 Å². The topological polar surface area (TPSA) is 75.3 Å². The summed E-state index contributed by atoms with van der Waals surface area (Å²) < 4.78 is 27.4. The molecule has 0 radical (unpaired) electrons. The molecule has 0 aromatic heterocycles. The third-order valence-electron chi connectivity index (χ3n) is 2.85. The van der Waals surface area contributed by atoms with Crippen LogP contribution in [0.2, 0.25) is 0 Å². The normalized spacial score (nSPS) is 14.6. The Morgan fingerprint density at radius 2 is 1.80 bits per heavy atom. The molecule has 1 rings (SSSR count). The third-order valence-corrected chi connectivity index (χ3v) is 4.94. The summed E-state index contributed by atoms with van der Waals surface area (Å²) in [5, 5.41) is 2.74. The number of hydrogen-bond donors (Lipinski definition) is 2. The molecule has 1 amide bonds. The Labute approximate surface area is 128 Å². The summed E-state index contributed by atoms with van der Waals surface area (Å²) in [5.41, 5.74) is 0. The first-order chi connectivity index (χ1) is 9.26. The lowest BCUT2D eigenvalue weighted by molar-refractivity contribution is -0.122. The quantitative estimate of drug-likeness (QED) is 0.812. The highest BCUT2D eigenvalue weighted by atomic mass is 79.9. The maximum Gasteiger partial charge on any atom is 0.241 e. The Hall–Kier alpha value is -0.920. The van der Waals surface area contributed by atoms with E-state index in [1.54, 1.807) is 12.1 Å². The fraction of sp³-hybridized carbons (Fsp3) is 0.462. The van der Waals surface area contributed by atoms with Gasteiger partial charge in [-0.2, -0.15) is 4.72 Å². The van der Waals surface area contributed by atoms with Crippen LogP contribution in [0.25, 0.3) is 0 Å². The van der Waals surface area contributed by atoms with Crippen molar-refractivity contribution in [2.75, 3.05) is 0 Å². The summed E-state index contributed by atoms with van der Waals surface area (Å²) in [6.45, 7) is 5.34. The van der Waals surface area contributed by atoms with Crippen molar-refractivity contribution in [1.29, 1.82) is 0 Å². The highest BCUT2D eigenvalue weighted by molar-refractivity contribution is 9.10. The van der Waals surface area contributed by atoms with Crippen LogP contribution in [-0.2, 0) is 14.8 Å². The predicted molar refractivity (Wildman–Crippen MR) is 81.8 cm³/mol. The van der Waals surface area contributed by atoms with E-state index in [0.29, 0.717) is 0 Å². The molecule has 0 heterocycles. The lowest BCUT2D eigenvalue weighted by Crippen LogP contribution is -2.47. The maximum absolute atomic E-state index is 12.1. The van der Waals surface area contributed by atoms with Crippen LogP contribution in [0.1, 0.15) is 27.2 Å². The van der Waals surface area contributed by atoms with E-state index in [-0.39, 0.29) is 16.8 Å². The van der Waals surface area contributed by atoms with Crippen molar-refractivity contribution in [3.05, 3.63) is 28.7 Å². The van der Waals surface area contributed by atoms with Gasteiger partial charge in [0.1, 0.15) is 0 Å². The van der Waals surface area contributed by atoms with Crippen molar-refractivity contribution in [2.45, 2.75) is 44.2 Å². The SMILES string of the molecule is CC[C@H](C)NC(=O)[C@H](C)NS(=O)(=O)c1ccc(Br)cc1. The molecule has 0 saturated heterocycles. The van der Waals surface area contributed by atoms with Gasteiger partial charge in [0, 0.05) is 10.5 Å². The van der Waals surface area contributed by atoms with Crippen molar-refractivity contribution in [3.8, 4) is 0 Å². The minimum absolute atomic E-state index is 0.0159. The first-order valence-corrected chi connectivity index (χ1v) is 8.62. The van der Waals surface area contributed by atoms with E-state index < -0.39 is 16.1 Å². The molecule has 2 N–H and O–H groups in total. The highest BCUT2D eigenvalue weighted by Crippen LogP contribution is 2.14. The average Bonchev–Trinajstić information content (AvgIpc) is 2.38. The number of halogens is 1. The molecule has 1 aromatic carbocycles. The molecule has 112 valence electrons. The second-order valence-electron chi connectivity index (χ2n) is 4.61. The van der Waals surface area contributed by atoms with Crippen LogP contribution in [0.4, 0.5) is 0 Å². The molecule has 2 atom stereocenters. The lowest BCUT2D eigenvalue weighted by Gasteiger charge is -2.17. The first kappa shape index (κ1) is 17.1. The van der Waals surface area contributed by atoms with Crippen LogP contribution in [0, 0.1) is 0 Å². The summed E-state index contributed by atoms with van der Waals surface area (Å²) in [7, 11) is -3.70. The lowest BCUT2D eigenvalue weighted by atomic mass is 10.2. The molecule has 0 bridgehead atoms. The van der Waals surface area contributed by atoms with E-state index in [4.69, 9.17) is 0 Å². The van der Waals surface area contributed by atoms with Crippen LogP contribution in [-0.4, -0.2) is 26.4 Å². The standard InChI is InChI=1S/C13H19BrN2O3S/c1-4-9(2)15-13(17)10(3)16-20(18,19)12-7-5-11(14)6-8-12/h5-10,16H,4H2,1-3H3,(H,15,17)/t9-,10-/m0/s1. The molecule has 0 aliphatic rings. The number of nitrogens with one attached hydrogen (secondary N) is 2. The zero-order chi connectivity index (χ0) is 15.3. The minimum atomic E-state index is -3.70. The van der Waals surface area contributed by atoms with Crippen LogP contribution in [0.3, 0.4) is 0 Å². The zero-order valence-corrected chi connectivity index (χ0v) is 14.1. The van der Waals surface area contributed by atoms with Crippen molar-refractivity contribution < 1.29 is 13.2 Å². The van der Waals surface area contributed by atoms with Gasteiger partial charge in [0.15, 0.2) is 0 Å². The minimum Gasteiger partial charge on any atom is -0.352 e. The van der Waals surface area contributed by atoms with Gasteiger partial charge in [0.2, 0.25) is 15.9 Å². The van der Waals surface area contributed by atoms with Gasteiger partial charge in [-0.1, -0.05) is 22.9 Å². The second kappa shape index (κ2) is 7.19. The Balaban J connectivity index is 2.75. The molecule has 0 aliphatic heterocycles. The number of hydrogen-bond acceptors (Lipinski definition) is 3. The van der Waals surface area contributed by atoms with Crippen LogP contribution in [0.5, 0.6) is 0 Å². The van der Waals surface area contributed by atoms with Gasteiger partial charge >= 0.3 is 0 Å². The van der Waals surface area contributed by atoms with Gasteiger partial charge < -0.3 is 5.32 Å². The van der Waals surface area contributed by atoms with Crippen molar-refractivity contribution >= 4 is 31.9 Å². The fourth-order valence-corrected chi connectivity index (χ4v) is 2.91.